The summed E-state index contributed by atoms with van der Waals surface area (Å²) < 4.78 is 44.1. The van der Waals surface area contributed by atoms with Crippen LogP contribution in [0.3, 0.4) is 0 Å². The number of alkyl carbamates (subject to hydrolysis) is 1. The third-order valence-electron chi connectivity index (χ3n) is 4.34. The summed E-state index contributed by atoms with van der Waals surface area (Å²) in [4.78, 5) is 24.9. The molecule has 0 spiro atoms. The molecule has 3 N–H and O–H groups in total. The summed E-state index contributed by atoms with van der Waals surface area (Å²) in [6, 6.07) is 3.07. The van der Waals surface area contributed by atoms with Crippen LogP contribution in [0.1, 0.15) is 52.5 Å². The summed E-state index contributed by atoms with van der Waals surface area (Å²) in [6.45, 7) is 7.26. The second-order valence-corrected chi connectivity index (χ2v) is 7.81. The molecule has 0 unspecified atom stereocenters. The maximum absolute atomic E-state index is 13.0. The second-order valence-electron chi connectivity index (χ2n) is 7.81. The molecule has 2 amide bonds. The fraction of sp³-hybridized carbons (Fsp3) is 0.579. The lowest BCUT2D eigenvalue weighted by Gasteiger charge is -2.41. The number of carbonyl (C=O) groups excluding carboxylic acids is 2. The van der Waals surface area contributed by atoms with Gasteiger partial charge in [-0.25, -0.2) is 4.79 Å². The van der Waals surface area contributed by atoms with Crippen LogP contribution in [-0.4, -0.2) is 29.7 Å². The van der Waals surface area contributed by atoms with Crippen LogP contribution in [0, 0.1) is 0 Å². The molecule has 1 aliphatic rings. The van der Waals surface area contributed by atoms with E-state index in [1.807, 2.05) is 0 Å². The highest BCUT2D eigenvalue weighted by atomic mass is 19.4. The molecule has 1 aromatic carbocycles. The van der Waals surface area contributed by atoms with E-state index in [1.54, 1.807) is 27.7 Å². The normalized spacial score (nSPS) is 16.0. The Morgan fingerprint density at radius 3 is 2.25 bits per heavy atom. The van der Waals surface area contributed by atoms with Crippen LogP contribution in [0.2, 0.25) is 0 Å². The zero-order valence-electron chi connectivity index (χ0n) is 16.4. The first kappa shape index (κ1) is 21.8. The Morgan fingerprint density at radius 1 is 1.14 bits per heavy atom. The average Bonchev–Trinajstić information content (AvgIpc) is 2.50. The van der Waals surface area contributed by atoms with Crippen LogP contribution in [0.15, 0.2) is 18.2 Å². The summed E-state index contributed by atoms with van der Waals surface area (Å²) in [5, 5.41) is 8.09. The Labute approximate surface area is 162 Å². The first-order valence-corrected chi connectivity index (χ1v) is 9.14. The summed E-state index contributed by atoms with van der Waals surface area (Å²) in [7, 11) is 0. The molecule has 0 aromatic heterocycles. The number of halogens is 3. The first-order valence-electron chi connectivity index (χ1n) is 9.14. The number of rotatable bonds is 5. The lowest BCUT2D eigenvalue weighted by molar-refractivity contribution is -0.137. The number of alkyl halides is 3. The number of hydrogen-bond donors (Lipinski definition) is 3. The highest BCUT2D eigenvalue weighted by Crippen LogP contribution is 2.37. The minimum Gasteiger partial charge on any atom is -0.444 e. The summed E-state index contributed by atoms with van der Waals surface area (Å²) in [5.74, 6) is -0.483. The van der Waals surface area contributed by atoms with E-state index in [0.717, 1.165) is 18.6 Å². The average molecular weight is 401 g/mol. The molecule has 1 fully saturated rings. The molecule has 0 bridgehead atoms. The van der Waals surface area contributed by atoms with Gasteiger partial charge in [0.1, 0.15) is 11.1 Å². The molecule has 0 atom stereocenters. The monoisotopic (exact) mass is 401 g/mol. The van der Waals surface area contributed by atoms with Crippen LogP contribution in [0.5, 0.6) is 0 Å². The number of benzene rings is 1. The quantitative estimate of drug-likeness (QED) is 0.678. The molecule has 0 aliphatic heterocycles. The zero-order valence-corrected chi connectivity index (χ0v) is 16.4. The summed E-state index contributed by atoms with van der Waals surface area (Å²) >= 11 is 0. The van der Waals surface area contributed by atoms with Crippen molar-refractivity contribution in [1.29, 1.82) is 0 Å². The Kier molecular flexibility index (Phi) is 6.15. The highest BCUT2D eigenvalue weighted by molar-refractivity contribution is 6.02. The lowest BCUT2D eigenvalue weighted by atomic mass is 9.76. The highest BCUT2D eigenvalue weighted by Gasteiger charge is 2.46. The molecule has 9 heteroatoms. The maximum atomic E-state index is 13.0. The molecule has 0 heterocycles. The van der Waals surface area contributed by atoms with Crippen molar-refractivity contribution in [3.63, 3.8) is 0 Å². The molecule has 1 saturated carbocycles. The van der Waals surface area contributed by atoms with Gasteiger partial charge in [-0.2, -0.15) is 13.2 Å². The number of nitrogens with one attached hydrogen (secondary N) is 3. The third kappa shape index (κ3) is 5.30. The largest absolute Gasteiger partial charge is 0.444 e. The van der Waals surface area contributed by atoms with Gasteiger partial charge < -0.3 is 20.7 Å². The van der Waals surface area contributed by atoms with Gasteiger partial charge in [-0.3, -0.25) is 4.79 Å². The number of hydrogen-bond acceptors (Lipinski definition) is 4. The van der Waals surface area contributed by atoms with Crippen molar-refractivity contribution in [2.45, 2.75) is 64.3 Å². The molecule has 28 heavy (non-hydrogen) atoms. The van der Waals surface area contributed by atoms with E-state index in [1.165, 1.54) is 6.07 Å². The molecule has 1 aliphatic carbocycles. The number of amides is 2. The number of carbonyl (C=O) groups is 2. The van der Waals surface area contributed by atoms with E-state index in [4.69, 9.17) is 4.74 Å². The van der Waals surface area contributed by atoms with Crippen molar-refractivity contribution in [2.75, 3.05) is 17.2 Å². The Hall–Kier alpha value is -2.45. The van der Waals surface area contributed by atoms with E-state index in [9.17, 15) is 22.8 Å². The summed E-state index contributed by atoms with van der Waals surface area (Å²) in [6.07, 6.45) is -3.59. The van der Waals surface area contributed by atoms with Crippen LogP contribution in [0.25, 0.3) is 0 Å². The predicted molar refractivity (Wildman–Crippen MR) is 100 cm³/mol. The van der Waals surface area contributed by atoms with Gasteiger partial charge in [-0.15, -0.1) is 0 Å². The van der Waals surface area contributed by atoms with E-state index < -0.39 is 34.9 Å². The fourth-order valence-electron chi connectivity index (χ4n) is 2.85. The van der Waals surface area contributed by atoms with Gasteiger partial charge in [0, 0.05) is 6.54 Å². The van der Waals surface area contributed by atoms with Crippen molar-refractivity contribution in [1.82, 2.24) is 5.32 Å². The zero-order chi connectivity index (χ0) is 21.2. The molecule has 0 radical (unpaired) electrons. The maximum Gasteiger partial charge on any atom is 0.416 e. The van der Waals surface area contributed by atoms with Crippen molar-refractivity contribution >= 4 is 23.4 Å². The molecule has 6 nitrogen and oxygen atoms in total. The molecule has 2 rings (SSSR count). The smallest absolute Gasteiger partial charge is 0.416 e. The molecule has 1 aromatic rings. The van der Waals surface area contributed by atoms with Gasteiger partial charge in [0.2, 0.25) is 5.91 Å². The van der Waals surface area contributed by atoms with Crippen LogP contribution >= 0.6 is 0 Å². The second kappa shape index (κ2) is 7.89. The van der Waals surface area contributed by atoms with Crippen molar-refractivity contribution in [3.05, 3.63) is 23.8 Å². The van der Waals surface area contributed by atoms with Gasteiger partial charge in [-0.1, -0.05) is 0 Å². The number of ether oxygens (including phenoxy) is 1. The van der Waals surface area contributed by atoms with Crippen molar-refractivity contribution < 1.29 is 27.5 Å². The van der Waals surface area contributed by atoms with E-state index in [2.05, 4.69) is 16.0 Å². The van der Waals surface area contributed by atoms with Crippen molar-refractivity contribution in [2.24, 2.45) is 0 Å². The van der Waals surface area contributed by atoms with Crippen LogP contribution in [-0.2, 0) is 15.7 Å². The van der Waals surface area contributed by atoms with Gasteiger partial charge in [0.25, 0.3) is 0 Å². The van der Waals surface area contributed by atoms with Crippen molar-refractivity contribution in [3.8, 4) is 0 Å². The third-order valence-corrected chi connectivity index (χ3v) is 4.34. The Balaban J connectivity index is 2.19. The van der Waals surface area contributed by atoms with Gasteiger partial charge in [-0.05, 0) is 65.2 Å². The van der Waals surface area contributed by atoms with Crippen LogP contribution in [0.4, 0.5) is 29.3 Å². The summed E-state index contributed by atoms with van der Waals surface area (Å²) in [5.41, 5.74) is -2.27. The van der Waals surface area contributed by atoms with E-state index in [0.29, 0.717) is 19.4 Å². The Morgan fingerprint density at radius 2 is 1.79 bits per heavy atom. The fourth-order valence-corrected chi connectivity index (χ4v) is 2.85. The molecular formula is C19H26F3N3O3. The van der Waals surface area contributed by atoms with Crippen LogP contribution < -0.4 is 16.0 Å². The Bertz CT molecular complexity index is 738. The van der Waals surface area contributed by atoms with Gasteiger partial charge in [0.05, 0.1) is 16.9 Å². The lowest BCUT2D eigenvalue weighted by Crippen LogP contribution is -2.61. The van der Waals surface area contributed by atoms with Gasteiger partial charge in [0.15, 0.2) is 0 Å². The van der Waals surface area contributed by atoms with Gasteiger partial charge >= 0.3 is 12.3 Å². The molecule has 0 saturated heterocycles. The van der Waals surface area contributed by atoms with E-state index in [-0.39, 0.29) is 11.4 Å². The minimum atomic E-state index is -4.49. The SMILES string of the molecule is CCNc1cc(C(F)(F)F)ccc1NC(=O)C1(NC(=O)OC(C)(C)C)CCC1. The molecular weight excluding hydrogens is 375 g/mol. The minimum absolute atomic E-state index is 0.164. The standard InChI is InChI=1S/C19H26F3N3O3/c1-5-23-14-11-12(19(20,21)22)7-8-13(14)24-15(26)18(9-6-10-18)25-16(27)28-17(2,3)4/h7-8,11,23H,5-6,9-10H2,1-4H3,(H,24,26)(H,25,27). The number of anilines is 2. The first-order chi connectivity index (χ1) is 12.9. The predicted octanol–water partition coefficient (Wildman–Crippen LogP) is 4.52. The topological polar surface area (TPSA) is 79.5 Å². The molecule has 156 valence electrons. The van der Waals surface area contributed by atoms with E-state index >= 15 is 0 Å².